The average Bonchev–Trinajstić information content (AvgIpc) is 3.22. The maximum atomic E-state index is 12.8. The molecule has 1 heterocycles. The Kier molecular flexibility index (Phi) is 8.90. The first kappa shape index (κ1) is 21.8. The molecule has 0 bridgehead atoms. The average molecular weight is 390 g/mol. The lowest BCUT2D eigenvalue weighted by molar-refractivity contribution is -0.142. The first-order valence-electron chi connectivity index (χ1n) is 9.82. The summed E-state index contributed by atoms with van der Waals surface area (Å²) in [5, 5.41) is 17.9. The third kappa shape index (κ3) is 6.94. The zero-order chi connectivity index (χ0) is 20.4. The van der Waals surface area contributed by atoms with Crippen molar-refractivity contribution in [1.29, 1.82) is 0 Å². The van der Waals surface area contributed by atoms with Crippen LogP contribution in [0.1, 0.15) is 37.7 Å². The Morgan fingerprint density at radius 1 is 1.14 bits per heavy atom. The second kappa shape index (κ2) is 11.4. The lowest BCUT2D eigenvalue weighted by atomic mass is 10.0. The van der Waals surface area contributed by atoms with Crippen LogP contribution in [0.25, 0.3) is 0 Å². The number of nitrogens with one attached hydrogen (secondary N) is 3. The summed E-state index contributed by atoms with van der Waals surface area (Å²) in [4.78, 5) is 36.8. The fourth-order valence-electron chi connectivity index (χ4n) is 3.26. The second-order valence-corrected chi connectivity index (χ2v) is 7.08. The Bertz CT molecular complexity index is 647. The van der Waals surface area contributed by atoms with E-state index in [4.69, 9.17) is 5.73 Å². The number of benzene rings is 1. The van der Waals surface area contributed by atoms with Crippen LogP contribution in [0.15, 0.2) is 30.3 Å². The highest BCUT2D eigenvalue weighted by Gasteiger charge is 2.29. The van der Waals surface area contributed by atoms with Gasteiger partial charge in [-0.25, -0.2) is 4.79 Å². The Balaban J connectivity index is 2.05. The van der Waals surface area contributed by atoms with E-state index in [2.05, 4.69) is 16.0 Å². The topological polar surface area (TPSA) is 134 Å². The van der Waals surface area contributed by atoms with E-state index in [1.54, 1.807) is 0 Å². The highest BCUT2D eigenvalue weighted by atomic mass is 16.4. The number of aliphatic carboxylic acids is 1. The number of rotatable bonds is 11. The van der Waals surface area contributed by atoms with Crippen LogP contribution in [-0.2, 0) is 20.8 Å². The SMILES string of the molecule is NCCCCC(NC(=O)C(Cc1ccccc1)NC(=O)C1CCCN1)C(=O)O. The molecule has 1 aliphatic heterocycles. The number of carbonyl (C=O) groups is 3. The third-order valence-electron chi connectivity index (χ3n) is 4.85. The van der Waals surface area contributed by atoms with E-state index in [9.17, 15) is 19.5 Å². The predicted molar refractivity (Wildman–Crippen MR) is 106 cm³/mol. The van der Waals surface area contributed by atoms with Gasteiger partial charge in [-0.15, -0.1) is 0 Å². The summed E-state index contributed by atoms with van der Waals surface area (Å²) in [7, 11) is 0. The van der Waals surface area contributed by atoms with Crippen LogP contribution >= 0.6 is 0 Å². The minimum absolute atomic E-state index is 0.233. The van der Waals surface area contributed by atoms with Gasteiger partial charge in [-0.1, -0.05) is 30.3 Å². The number of amides is 2. The standard InChI is InChI=1S/C20H30N4O4/c21-11-5-4-9-16(20(27)28)23-19(26)17(13-14-7-2-1-3-8-14)24-18(25)15-10-6-12-22-15/h1-3,7-8,15-17,22H,4-6,9-13,21H2,(H,23,26)(H,24,25)(H,27,28). The Labute approximate surface area is 165 Å². The summed E-state index contributed by atoms with van der Waals surface area (Å²) in [5.74, 6) is -1.81. The summed E-state index contributed by atoms with van der Waals surface area (Å²) < 4.78 is 0. The van der Waals surface area contributed by atoms with Crippen molar-refractivity contribution in [1.82, 2.24) is 16.0 Å². The number of carboxylic acid groups (broad SMARTS) is 1. The van der Waals surface area contributed by atoms with Gasteiger partial charge in [0.25, 0.3) is 0 Å². The van der Waals surface area contributed by atoms with Crippen molar-refractivity contribution in [3.8, 4) is 0 Å². The predicted octanol–water partition coefficient (Wildman–Crippen LogP) is 0.164. The van der Waals surface area contributed by atoms with E-state index < -0.39 is 24.0 Å². The van der Waals surface area contributed by atoms with Gasteiger partial charge in [0.15, 0.2) is 0 Å². The van der Waals surface area contributed by atoms with E-state index in [1.807, 2.05) is 30.3 Å². The molecule has 0 spiro atoms. The van der Waals surface area contributed by atoms with Gasteiger partial charge in [0, 0.05) is 6.42 Å². The maximum absolute atomic E-state index is 12.8. The van der Waals surface area contributed by atoms with E-state index in [-0.39, 0.29) is 11.9 Å². The summed E-state index contributed by atoms with van der Waals surface area (Å²) in [5.41, 5.74) is 6.34. The smallest absolute Gasteiger partial charge is 0.326 e. The van der Waals surface area contributed by atoms with Crippen molar-refractivity contribution >= 4 is 17.8 Å². The number of carbonyl (C=O) groups excluding carboxylic acids is 2. The molecule has 3 atom stereocenters. The van der Waals surface area contributed by atoms with Crippen LogP contribution < -0.4 is 21.7 Å². The molecule has 8 heteroatoms. The molecule has 1 aromatic rings. The molecule has 28 heavy (non-hydrogen) atoms. The molecule has 1 saturated heterocycles. The largest absolute Gasteiger partial charge is 0.480 e. The van der Waals surface area contributed by atoms with Gasteiger partial charge in [-0.2, -0.15) is 0 Å². The number of unbranched alkanes of at least 4 members (excludes halogenated alkanes) is 1. The first-order chi connectivity index (χ1) is 13.5. The van der Waals surface area contributed by atoms with Crippen molar-refractivity contribution in [2.24, 2.45) is 5.73 Å². The minimum atomic E-state index is -1.09. The van der Waals surface area contributed by atoms with E-state index in [0.717, 1.165) is 24.9 Å². The molecule has 0 aromatic heterocycles. The molecule has 0 saturated carbocycles. The van der Waals surface area contributed by atoms with Crippen LogP contribution in [-0.4, -0.2) is 54.1 Å². The molecule has 2 rings (SSSR count). The van der Waals surface area contributed by atoms with Crippen LogP contribution in [0, 0.1) is 0 Å². The van der Waals surface area contributed by atoms with Crippen molar-refractivity contribution in [2.45, 2.75) is 56.7 Å². The van der Waals surface area contributed by atoms with Crippen molar-refractivity contribution in [3.05, 3.63) is 35.9 Å². The third-order valence-corrected chi connectivity index (χ3v) is 4.85. The molecule has 154 valence electrons. The van der Waals surface area contributed by atoms with Crippen molar-refractivity contribution < 1.29 is 19.5 Å². The highest BCUT2D eigenvalue weighted by Crippen LogP contribution is 2.09. The molecule has 0 radical (unpaired) electrons. The van der Waals surface area contributed by atoms with Gasteiger partial charge < -0.3 is 26.8 Å². The molecule has 1 fully saturated rings. The summed E-state index contributed by atoms with van der Waals surface area (Å²) >= 11 is 0. The number of nitrogens with two attached hydrogens (primary N) is 1. The van der Waals surface area contributed by atoms with Crippen LogP contribution in [0.5, 0.6) is 0 Å². The van der Waals surface area contributed by atoms with Crippen LogP contribution in [0.4, 0.5) is 0 Å². The number of hydrogen-bond donors (Lipinski definition) is 5. The number of carboxylic acids is 1. The fourth-order valence-corrected chi connectivity index (χ4v) is 3.26. The van der Waals surface area contributed by atoms with Gasteiger partial charge in [0.1, 0.15) is 12.1 Å². The Morgan fingerprint density at radius 3 is 2.50 bits per heavy atom. The molecule has 8 nitrogen and oxygen atoms in total. The summed E-state index contributed by atoms with van der Waals surface area (Å²) in [6.07, 6.45) is 3.53. The van der Waals surface area contributed by atoms with E-state index >= 15 is 0 Å². The van der Waals surface area contributed by atoms with Crippen molar-refractivity contribution in [2.75, 3.05) is 13.1 Å². The highest BCUT2D eigenvalue weighted by molar-refractivity contribution is 5.92. The van der Waals surface area contributed by atoms with Crippen LogP contribution in [0.2, 0.25) is 0 Å². The van der Waals surface area contributed by atoms with Gasteiger partial charge in [0.2, 0.25) is 11.8 Å². The summed E-state index contributed by atoms with van der Waals surface area (Å²) in [6, 6.07) is 7.18. The fraction of sp³-hybridized carbons (Fsp3) is 0.550. The van der Waals surface area contributed by atoms with Gasteiger partial charge in [-0.05, 0) is 50.8 Å². The first-order valence-corrected chi connectivity index (χ1v) is 9.82. The molecule has 1 aliphatic rings. The lowest BCUT2D eigenvalue weighted by Gasteiger charge is -2.23. The minimum Gasteiger partial charge on any atom is -0.480 e. The zero-order valence-corrected chi connectivity index (χ0v) is 16.0. The zero-order valence-electron chi connectivity index (χ0n) is 16.0. The van der Waals surface area contributed by atoms with E-state index in [1.165, 1.54) is 0 Å². The molecule has 6 N–H and O–H groups in total. The molecular formula is C20H30N4O4. The monoisotopic (exact) mass is 390 g/mol. The normalized spacial score (nSPS) is 18.2. The molecular weight excluding hydrogens is 360 g/mol. The van der Waals surface area contributed by atoms with Gasteiger partial charge in [0.05, 0.1) is 6.04 Å². The number of hydrogen-bond acceptors (Lipinski definition) is 5. The van der Waals surface area contributed by atoms with Crippen LogP contribution in [0.3, 0.4) is 0 Å². The molecule has 2 amide bonds. The van der Waals surface area contributed by atoms with Gasteiger partial charge >= 0.3 is 5.97 Å². The molecule has 1 aromatic carbocycles. The summed E-state index contributed by atoms with van der Waals surface area (Å²) in [6.45, 7) is 1.25. The van der Waals surface area contributed by atoms with Crippen molar-refractivity contribution in [3.63, 3.8) is 0 Å². The molecule has 3 unspecified atom stereocenters. The Morgan fingerprint density at radius 2 is 1.89 bits per heavy atom. The maximum Gasteiger partial charge on any atom is 0.326 e. The quantitative estimate of drug-likeness (QED) is 0.342. The van der Waals surface area contributed by atoms with Gasteiger partial charge in [-0.3, -0.25) is 9.59 Å². The lowest BCUT2D eigenvalue weighted by Crippen LogP contribution is -2.55. The molecule has 0 aliphatic carbocycles. The Hall–Kier alpha value is -2.45. The van der Waals surface area contributed by atoms with E-state index in [0.29, 0.717) is 32.2 Å². The second-order valence-electron chi connectivity index (χ2n) is 7.08.